The highest BCUT2D eigenvalue weighted by atomic mass is 16.6. The van der Waals surface area contributed by atoms with Crippen LogP contribution in [0.3, 0.4) is 0 Å². The Bertz CT molecular complexity index is 1560. The summed E-state index contributed by atoms with van der Waals surface area (Å²) < 4.78 is 11.5. The van der Waals surface area contributed by atoms with Gasteiger partial charge in [0.1, 0.15) is 17.3 Å². The lowest BCUT2D eigenvalue weighted by Crippen LogP contribution is -2.34. The van der Waals surface area contributed by atoms with Gasteiger partial charge in [0, 0.05) is 36.6 Å². The maximum Gasteiger partial charge on any atom is 0.425 e. The van der Waals surface area contributed by atoms with E-state index in [4.69, 9.17) is 9.47 Å². The minimum atomic E-state index is -0.648. The molecule has 4 rings (SSSR count). The van der Waals surface area contributed by atoms with Crippen molar-refractivity contribution >= 4 is 35.1 Å². The minimum absolute atomic E-state index is 0.132. The van der Waals surface area contributed by atoms with Crippen LogP contribution in [0.25, 0.3) is 0 Å². The van der Waals surface area contributed by atoms with Gasteiger partial charge in [-0.15, -0.1) is 0 Å². The van der Waals surface area contributed by atoms with Gasteiger partial charge >= 0.3 is 6.09 Å². The summed E-state index contributed by atoms with van der Waals surface area (Å²) in [6, 6.07) is 19.8. The summed E-state index contributed by atoms with van der Waals surface area (Å²) in [6.45, 7) is 13.3. The number of benzene rings is 3. The first kappa shape index (κ1) is 32.0. The molecule has 0 atom stereocenters. The van der Waals surface area contributed by atoms with E-state index in [0.717, 1.165) is 36.3 Å². The average molecular weight is 597 g/mol. The molecule has 3 aromatic carbocycles. The molecule has 0 saturated carbocycles. The number of aromatic nitrogens is 2. The van der Waals surface area contributed by atoms with Gasteiger partial charge in [-0.2, -0.15) is 4.98 Å². The first-order valence-electron chi connectivity index (χ1n) is 14.7. The Morgan fingerprint density at radius 2 is 1.59 bits per heavy atom. The Morgan fingerprint density at radius 1 is 0.909 bits per heavy atom. The molecule has 0 aliphatic carbocycles. The monoisotopic (exact) mass is 596 g/mol. The largest absolute Gasteiger partial charge is 0.495 e. The van der Waals surface area contributed by atoms with Crippen molar-refractivity contribution in [3.63, 3.8) is 0 Å². The van der Waals surface area contributed by atoms with Crippen molar-refractivity contribution in [2.45, 2.75) is 34.6 Å². The van der Waals surface area contributed by atoms with E-state index in [-0.39, 0.29) is 17.7 Å². The van der Waals surface area contributed by atoms with Crippen LogP contribution in [-0.2, 0) is 0 Å². The molecule has 2 N–H and O–H groups in total. The molecule has 230 valence electrons. The third-order valence-electron chi connectivity index (χ3n) is 7.18. The van der Waals surface area contributed by atoms with Crippen molar-refractivity contribution in [1.82, 2.24) is 20.2 Å². The number of anilines is 4. The molecule has 0 aliphatic rings. The lowest BCUT2D eigenvalue weighted by atomic mass is 10.1. The highest BCUT2D eigenvalue weighted by Crippen LogP contribution is 2.35. The Labute approximate surface area is 259 Å². The summed E-state index contributed by atoms with van der Waals surface area (Å²) in [7, 11) is 1.54. The molecular formula is C34H40N6O4. The fraction of sp³-hybridized carbons (Fsp3) is 0.294. The molecule has 0 radical (unpaired) electrons. The van der Waals surface area contributed by atoms with E-state index in [9.17, 15) is 9.59 Å². The highest BCUT2D eigenvalue weighted by molar-refractivity contribution is 5.98. The van der Waals surface area contributed by atoms with E-state index < -0.39 is 6.09 Å². The van der Waals surface area contributed by atoms with E-state index >= 15 is 0 Å². The number of likely N-dealkylation sites (N-methyl/N-ethyl adjacent to an activating group) is 1. The molecule has 44 heavy (non-hydrogen) atoms. The van der Waals surface area contributed by atoms with Crippen LogP contribution in [0.1, 0.15) is 40.9 Å². The van der Waals surface area contributed by atoms with Crippen molar-refractivity contribution < 1.29 is 19.1 Å². The van der Waals surface area contributed by atoms with E-state index in [1.54, 1.807) is 55.8 Å². The number of nitrogens with zero attached hydrogens (tertiary/aromatic N) is 4. The number of ether oxygens (including phenoxy) is 2. The molecule has 1 heterocycles. The van der Waals surface area contributed by atoms with Gasteiger partial charge in [-0.1, -0.05) is 43.7 Å². The van der Waals surface area contributed by atoms with Gasteiger partial charge in [-0.3, -0.25) is 4.79 Å². The van der Waals surface area contributed by atoms with E-state index in [2.05, 4.69) is 39.3 Å². The zero-order valence-corrected chi connectivity index (χ0v) is 26.2. The van der Waals surface area contributed by atoms with Crippen molar-refractivity contribution in [3.8, 4) is 11.5 Å². The van der Waals surface area contributed by atoms with Crippen LogP contribution in [0.2, 0.25) is 0 Å². The smallest absolute Gasteiger partial charge is 0.425 e. The van der Waals surface area contributed by atoms with Gasteiger partial charge in [0.15, 0.2) is 0 Å². The first-order valence-corrected chi connectivity index (χ1v) is 14.7. The molecule has 0 fully saturated rings. The third kappa shape index (κ3) is 7.90. The summed E-state index contributed by atoms with van der Waals surface area (Å²) in [5, 5.41) is 6.13. The summed E-state index contributed by atoms with van der Waals surface area (Å²) in [5.41, 5.74) is 4.47. The van der Waals surface area contributed by atoms with Crippen LogP contribution in [0.4, 0.5) is 27.9 Å². The molecule has 1 aromatic heterocycles. The van der Waals surface area contributed by atoms with Gasteiger partial charge in [-0.05, 0) is 81.4 Å². The zero-order chi connectivity index (χ0) is 31.6. The highest BCUT2D eigenvalue weighted by Gasteiger charge is 2.26. The van der Waals surface area contributed by atoms with Crippen molar-refractivity contribution in [2.75, 3.05) is 43.5 Å². The van der Waals surface area contributed by atoms with Gasteiger partial charge in [0.25, 0.3) is 5.91 Å². The topological polar surface area (TPSA) is 109 Å². The predicted molar refractivity (Wildman–Crippen MR) is 174 cm³/mol. The molecule has 0 bridgehead atoms. The van der Waals surface area contributed by atoms with Crippen LogP contribution < -0.4 is 25.0 Å². The van der Waals surface area contributed by atoms with Crippen LogP contribution in [-0.4, -0.2) is 60.2 Å². The molecule has 10 heteroatoms. The maximum atomic E-state index is 13.8. The zero-order valence-electron chi connectivity index (χ0n) is 26.2. The number of methoxy groups -OCH3 is 1. The number of carbonyl (C=O) groups is 2. The Balaban J connectivity index is 1.56. The lowest BCUT2D eigenvalue weighted by Gasteiger charge is -2.24. The average Bonchev–Trinajstić information content (AvgIpc) is 3.02. The van der Waals surface area contributed by atoms with E-state index in [0.29, 0.717) is 35.0 Å². The van der Waals surface area contributed by atoms with E-state index in [1.165, 1.54) is 4.90 Å². The Morgan fingerprint density at radius 3 is 2.25 bits per heavy atom. The van der Waals surface area contributed by atoms with E-state index in [1.807, 2.05) is 45.0 Å². The number of hydrogen-bond donors (Lipinski definition) is 2. The molecule has 0 spiro atoms. The van der Waals surface area contributed by atoms with Crippen molar-refractivity contribution in [2.24, 2.45) is 0 Å². The summed E-state index contributed by atoms with van der Waals surface area (Å²) in [6.07, 6.45) is 0.908. The number of amides is 2. The summed E-state index contributed by atoms with van der Waals surface area (Å²) >= 11 is 0. The summed E-state index contributed by atoms with van der Waals surface area (Å²) in [4.78, 5) is 39.0. The number of para-hydroxylation sites is 2. The van der Waals surface area contributed by atoms with Crippen LogP contribution in [0, 0.1) is 20.8 Å². The first-order chi connectivity index (χ1) is 21.2. The SMILES string of the molecule is CCN(CC)CCNC(=O)c1ccc(Nc2nccc(N(C(=O)Oc3c(C)cc(C)cc3C)c3ccccc3OC)n2)cc1. The third-order valence-corrected chi connectivity index (χ3v) is 7.18. The summed E-state index contributed by atoms with van der Waals surface area (Å²) in [5.74, 6) is 1.37. The molecule has 10 nitrogen and oxygen atoms in total. The minimum Gasteiger partial charge on any atom is -0.495 e. The van der Waals surface area contributed by atoms with Crippen molar-refractivity contribution in [1.29, 1.82) is 0 Å². The Kier molecular flexibility index (Phi) is 10.9. The Hall–Kier alpha value is -4.96. The molecule has 0 unspecified atom stereocenters. The second kappa shape index (κ2) is 15.0. The normalized spacial score (nSPS) is 10.8. The van der Waals surface area contributed by atoms with Gasteiger partial charge in [0.2, 0.25) is 5.95 Å². The van der Waals surface area contributed by atoms with Gasteiger partial charge in [-0.25, -0.2) is 14.7 Å². The molecule has 2 amide bonds. The fourth-order valence-corrected chi connectivity index (χ4v) is 4.93. The molecule has 0 aliphatic heterocycles. The fourth-order valence-electron chi connectivity index (χ4n) is 4.93. The van der Waals surface area contributed by atoms with Crippen LogP contribution in [0.5, 0.6) is 11.5 Å². The molecule has 0 saturated heterocycles. The van der Waals surface area contributed by atoms with Crippen LogP contribution in [0.15, 0.2) is 72.9 Å². The second-order valence-corrected chi connectivity index (χ2v) is 10.3. The van der Waals surface area contributed by atoms with Gasteiger partial charge in [0.05, 0.1) is 12.8 Å². The quantitative estimate of drug-likeness (QED) is 0.189. The molecule has 4 aromatic rings. The molecular weight excluding hydrogens is 556 g/mol. The second-order valence-electron chi connectivity index (χ2n) is 10.3. The van der Waals surface area contributed by atoms with Crippen molar-refractivity contribution in [3.05, 3.63) is 95.2 Å². The number of rotatable bonds is 12. The lowest BCUT2D eigenvalue weighted by molar-refractivity contribution is 0.0949. The maximum absolute atomic E-state index is 13.8. The number of aryl methyl sites for hydroxylation is 3. The number of nitrogens with one attached hydrogen (secondary N) is 2. The number of hydrogen-bond acceptors (Lipinski definition) is 8. The standard InChI is InChI=1S/C34H40N6O4/c1-7-39(8-2)20-19-35-32(41)26-13-15-27(16-14-26)37-33-36-18-17-30(38-33)40(28-11-9-10-12-29(28)43-6)34(42)44-31-24(4)21-23(3)22-25(31)5/h9-18,21-22H,7-8,19-20H2,1-6H3,(H,35,41)(H,36,37,38). The van der Waals surface area contributed by atoms with Gasteiger partial charge < -0.3 is 25.0 Å². The number of carbonyl (C=O) groups excluding carboxylic acids is 2. The predicted octanol–water partition coefficient (Wildman–Crippen LogP) is 6.56. The van der Waals surface area contributed by atoms with Crippen LogP contribution >= 0.6 is 0 Å².